The molecule has 0 radical (unpaired) electrons. The molecule has 0 aromatic heterocycles. The number of hydrogen-bond donors (Lipinski definition) is 1. The van der Waals surface area contributed by atoms with E-state index in [1.54, 1.807) is 23.1 Å². The number of rotatable bonds is 5. The highest BCUT2D eigenvalue weighted by Gasteiger charge is 2.15. The first-order valence-corrected chi connectivity index (χ1v) is 7.85. The van der Waals surface area contributed by atoms with E-state index in [-0.39, 0.29) is 30.5 Å². The molecule has 0 aliphatic carbocycles. The zero-order valence-corrected chi connectivity index (χ0v) is 14.2. The maximum atomic E-state index is 13.1. The molecule has 1 N–H and O–H groups in total. The molecular formula is C18H18ClFN2O2. The fourth-order valence-corrected chi connectivity index (χ4v) is 2.52. The zero-order valence-electron chi connectivity index (χ0n) is 13.5. The van der Waals surface area contributed by atoms with Gasteiger partial charge in [0.1, 0.15) is 5.82 Å². The molecule has 0 spiro atoms. The fourth-order valence-electron chi connectivity index (χ4n) is 2.35. The maximum absolute atomic E-state index is 13.1. The molecule has 0 bridgehead atoms. The SMILES string of the molecule is CC(=O)N(CCNC(=O)c1cccc(F)c1)c1cccc(Cl)c1C. The van der Waals surface area contributed by atoms with Gasteiger partial charge in [-0.2, -0.15) is 0 Å². The lowest BCUT2D eigenvalue weighted by Gasteiger charge is -2.23. The van der Waals surface area contributed by atoms with Crippen LogP contribution in [0, 0.1) is 12.7 Å². The quantitative estimate of drug-likeness (QED) is 0.898. The monoisotopic (exact) mass is 348 g/mol. The number of hydrogen-bond acceptors (Lipinski definition) is 2. The van der Waals surface area contributed by atoms with E-state index in [4.69, 9.17) is 11.6 Å². The van der Waals surface area contributed by atoms with Crippen LogP contribution in [0.4, 0.5) is 10.1 Å². The lowest BCUT2D eigenvalue weighted by Crippen LogP contribution is -2.38. The van der Waals surface area contributed by atoms with Crippen molar-refractivity contribution in [2.75, 3.05) is 18.0 Å². The Hall–Kier alpha value is -2.40. The van der Waals surface area contributed by atoms with E-state index in [1.165, 1.54) is 31.2 Å². The van der Waals surface area contributed by atoms with Gasteiger partial charge in [-0.25, -0.2) is 4.39 Å². The van der Waals surface area contributed by atoms with Crippen molar-refractivity contribution in [3.8, 4) is 0 Å². The predicted molar refractivity (Wildman–Crippen MR) is 92.9 cm³/mol. The Bertz CT molecular complexity index is 764. The summed E-state index contributed by atoms with van der Waals surface area (Å²) in [6.45, 7) is 3.81. The molecule has 2 amide bonds. The van der Waals surface area contributed by atoms with Crippen LogP contribution >= 0.6 is 11.6 Å². The summed E-state index contributed by atoms with van der Waals surface area (Å²) in [5.41, 5.74) is 1.74. The predicted octanol–water partition coefficient (Wildman–Crippen LogP) is 3.57. The number of nitrogens with one attached hydrogen (secondary N) is 1. The van der Waals surface area contributed by atoms with Crippen LogP contribution in [0.5, 0.6) is 0 Å². The normalized spacial score (nSPS) is 10.3. The molecule has 0 saturated carbocycles. The molecule has 6 heteroatoms. The summed E-state index contributed by atoms with van der Waals surface area (Å²) in [4.78, 5) is 25.5. The Kier molecular flexibility index (Phi) is 5.93. The van der Waals surface area contributed by atoms with Crippen LogP contribution in [0.25, 0.3) is 0 Å². The minimum Gasteiger partial charge on any atom is -0.350 e. The average Bonchev–Trinajstić information content (AvgIpc) is 2.54. The zero-order chi connectivity index (χ0) is 17.7. The number of anilines is 1. The standard InChI is InChI=1S/C18H18ClFN2O2/c1-12-16(19)7-4-8-17(12)22(13(2)23)10-9-21-18(24)14-5-3-6-15(20)11-14/h3-8,11H,9-10H2,1-2H3,(H,21,24). The van der Waals surface area contributed by atoms with Crippen molar-refractivity contribution >= 4 is 29.1 Å². The third-order valence-electron chi connectivity index (χ3n) is 3.62. The van der Waals surface area contributed by atoms with Gasteiger partial charge in [-0.1, -0.05) is 23.7 Å². The first-order valence-electron chi connectivity index (χ1n) is 7.47. The summed E-state index contributed by atoms with van der Waals surface area (Å²) >= 11 is 6.10. The minimum atomic E-state index is -0.470. The van der Waals surface area contributed by atoms with Gasteiger partial charge in [-0.15, -0.1) is 0 Å². The highest BCUT2D eigenvalue weighted by molar-refractivity contribution is 6.31. The van der Waals surface area contributed by atoms with Gasteiger partial charge >= 0.3 is 0 Å². The molecule has 2 rings (SSSR count). The van der Waals surface area contributed by atoms with Crippen molar-refractivity contribution < 1.29 is 14.0 Å². The third kappa shape index (κ3) is 4.32. The van der Waals surface area contributed by atoms with Gasteiger partial charge in [0, 0.05) is 36.3 Å². The van der Waals surface area contributed by atoms with Gasteiger partial charge in [0.2, 0.25) is 5.91 Å². The van der Waals surface area contributed by atoms with Crippen LogP contribution in [0.15, 0.2) is 42.5 Å². The van der Waals surface area contributed by atoms with Crippen molar-refractivity contribution in [3.05, 3.63) is 64.4 Å². The summed E-state index contributed by atoms with van der Waals surface area (Å²) in [6, 6.07) is 10.8. The largest absolute Gasteiger partial charge is 0.350 e. The number of halogens is 2. The van der Waals surface area contributed by atoms with Gasteiger partial charge in [0.05, 0.1) is 0 Å². The Labute approximate surface area is 145 Å². The first kappa shape index (κ1) is 17.9. The molecule has 2 aromatic carbocycles. The molecular weight excluding hydrogens is 331 g/mol. The van der Waals surface area contributed by atoms with Crippen molar-refractivity contribution in [1.82, 2.24) is 5.32 Å². The molecule has 0 fully saturated rings. The highest BCUT2D eigenvalue weighted by atomic mass is 35.5. The molecule has 4 nitrogen and oxygen atoms in total. The second kappa shape index (κ2) is 7.93. The topological polar surface area (TPSA) is 49.4 Å². The minimum absolute atomic E-state index is 0.152. The Morgan fingerprint density at radius 3 is 2.58 bits per heavy atom. The number of amides is 2. The van der Waals surface area contributed by atoms with Crippen molar-refractivity contribution in [2.24, 2.45) is 0 Å². The van der Waals surface area contributed by atoms with Crippen LogP contribution < -0.4 is 10.2 Å². The van der Waals surface area contributed by atoms with E-state index in [1.807, 2.05) is 6.92 Å². The van der Waals surface area contributed by atoms with Gasteiger partial charge < -0.3 is 10.2 Å². The molecule has 0 aliphatic rings. The Morgan fingerprint density at radius 1 is 1.21 bits per heavy atom. The molecule has 0 unspecified atom stereocenters. The fraction of sp³-hybridized carbons (Fsp3) is 0.222. The summed E-state index contributed by atoms with van der Waals surface area (Å²) in [5.74, 6) is -1.01. The molecule has 0 aliphatic heterocycles. The van der Waals surface area contributed by atoms with Gasteiger partial charge in [-0.05, 0) is 42.8 Å². The van der Waals surface area contributed by atoms with E-state index in [9.17, 15) is 14.0 Å². The summed E-state index contributed by atoms with van der Waals surface area (Å²) in [6.07, 6.45) is 0. The number of carbonyl (C=O) groups is 2. The first-order chi connectivity index (χ1) is 11.4. The number of benzene rings is 2. The van der Waals surface area contributed by atoms with E-state index < -0.39 is 5.82 Å². The smallest absolute Gasteiger partial charge is 0.251 e. The van der Waals surface area contributed by atoms with Gasteiger partial charge in [0.25, 0.3) is 5.91 Å². The van der Waals surface area contributed by atoms with E-state index in [0.717, 1.165) is 5.56 Å². The summed E-state index contributed by atoms with van der Waals surface area (Å²) in [7, 11) is 0. The van der Waals surface area contributed by atoms with Crippen LogP contribution in [-0.2, 0) is 4.79 Å². The molecule has 2 aromatic rings. The molecule has 24 heavy (non-hydrogen) atoms. The summed E-state index contributed by atoms with van der Waals surface area (Å²) in [5, 5.41) is 3.25. The van der Waals surface area contributed by atoms with E-state index in [2.05, 4.69) is 5.32 Å². The second-order valence-electron chi connectivity index (χ2n) is 5.32. The number of nitrogens with zero attached hydrogens (tertiary/aromatic N) is 1. The van der Waals surface area contributed by atoms with Crippen molar-refractivity contribution in [1.29, 1.82) is 0 Å². The van der Waals surface area contributed by atoms with E-state index >= 15 is 0 Å². The van der Waals surface area contributed by atoms with Crippen LogP contribution in [0.2, 0.25) is 5.02 Å². The number of carbonyl (C=O) groups excluding carboxylic acids is 2. The van der Waals surface area contributed by atoms with E-state index in [0.29, 0.717) is 10.7 Å². The van der Waals surface area contributed by atoms with Crippen LogP contribution in [0.1, 0.15) is 22.8 Å². The second-order valence-corrected chi connectivity index (χ2v) is 5.73. The van der Waals surface area contributed by atoms with Gasteiger partial charge in [-0.3, -0.25) is 9.59 Å². The lowest BCUT2D eigenvalue weighted by atomic mass is 10.1. The lowest BCUT2D eigenvalue weighted by molar-refractivity contribution is -0.116. The average molecular weight is 349 g/mol. The molecule has 0 atom stereocenters. The Balaban J connectivity index is 2.03. The van der Waals surface area contributed by atoms with Crippen LogP contribution in [0.3, 0.4) is 0 Å². The van der Waals surface area contributed by atoms with Gasteiger partial charge in [0.15, 0.2) is 0 Å². The summed E-state index contributed by atoms with van der Waals surface area (Å²) < 4.78 is 13.1. The highest BCUT2D eigenvalue weighted by Crippen LogP contribution is 2.26. The van der Waals surface area contributed by atoms with Crippen molar-refractivity contribution in [3.63, 3.8) is 0 Å². The molecule has 0 saturated heterocycles. The van der Waals surface area contributed by atoms with Crippen molar-refractivity contribution in [2.45, 2.75) is 13.8 Å². The van der Waals surface area contributed by atoms with Crippen LogP contribution in [-0.4, -0.2) is 24.9 Å². The maximum Gasteiger partial charge on any atom is 0.251 e. The third-order valence-corrected chi connectivity index (χ3v) is 4.03. The molecule has 126 valence electrons. The Morgan fingerprint density at radius 2 is 1.92 bits per heavy atom. The molecule has 0 heterocycles.